The predicted molar refractivity (Wildman–Crippen MR) is 132 cm³/mol. The molecular weight excluding hydrogens is 499 g/mol. The van der Waals surface area contributed by atoms with Crippen molar-refractivity contribution in [3.05, 3.63) is 52.2 Å². The van der Waals surface area contributed by atoms with E-state index in [0.29, 0.717) is 25.5 Å². The quantitative estimate of drug-likeness (QED) is 0.224. The molecule has 1 heterocycles. The number of hydrogen-bond donors (Lipinski definition) is 4. The molecule has 1 aromatic carbocycles. The summed E-state index contributed by atoms with van der Waals surface area (Å²) in [6.07, 6.45) is 1.34. The second kappa shape index (κ2) is 12.8. The van der Waals surface area contributed by atoms with Gasteiger partial charge in [0.2, 0.25) is 5.91 Å². The van der Waals surface area contributed by atoms with Gasteiger partial charge in [0, 0.05) is 23.5 Å². The topological polar surface area (TPSA) is 85.8 Å². The molecule has 0 spiro atoms. The zero-order valence-corrected chi connectivity index (χ0v) is 20.3. The van der Waals surface area contributed by atoms with Crippen LogP contribution in [0, 0.1) is 0 Å². The molecule has 29 heavy (non-hydrogen) atoms. The van der Waals surface area contributed by atoms with Gasteiger partial charge in [-0.3, -0.25) is 4.79 Å². The molecule has 1 aromatic heterocycles. The summed E-state index contributed by atoms with van der Waals surface area (Å²) in [5.41, 5.74) is 0.814. The van der Waals surface area contributed by atoms with Gasteiger partial charge in [-0.25, -0.2) is 4.99 Å². The minimum atomic E-state index is -0.964. The SMILES string of the molecule is CCCC(=O)Nc1cccc(CN=C(NCC)NCC(C)(O)c2cccs2)c1.I. The maximum absolute atomic E-state index is 11.8. The molecule has 1 unspecified atom stereocenters. The van der Waals surface area contributed by atoms with Crippen molar-refractivity contribution in [2.45, 2.75) is 45.8 Å². The van der Waals surface area contributed by atoms with E-state index in [2.05, 4.69) is 20.9 Å². The second-order valence-corrected chi connectivity index (χ2v) is 7.75. The molecule has 0 fully saturated rings. The third-order valence-corrected chi connectivity index (χ3v) is 5.23. The summed E-state index contributed by atoms with van der Waals surface area (Å²) in [6.45, 7) is 7.31. The average Bonchev–Trinajstić information content (AvgIpc) is 3.20. The third-order valence-electron chi connectivity index (χ3n) is 4.10. The first-order valence-corrected chi connectivity index (χ1v) is 10.5. The molecule has 8 heteroatoms. The zero-order valence-electron chi connectivity index (χ0n) is 17.2. The van der Waals surface area contributed by atoms with Gasteiger partial charge in [-0.1, -0.05) is 25.1 Å². The van der Waals surface area contributed by atoms with Gasteiger partial charge in [-0.15, -0.1) is 35.3 Å². The van der Waals surface area contributed by atoms with E-state index in [0.717, 1.165) is 29.1 Å². The molecule has 0 aliphatic heterocycles. The molecule has 2 rings (SSSR count). The van der Waals surface area contributed by atoms with Crippen LogP contribution in [0.4, 0.5) is 5.69 Å². The first-order chi connectivity index (χ1) is 13.4. The summed E-state index contributed by atoms with van der Waals surface area (Å²) in [4.78, 5) is 17.3. The number of hydrogen-bond acceptors (Lipinski definition) is 4. The molecule has 2 aromatic rings. The van der Waals surface area contributed by atoms with Crippen LogP contribution in [0.1, 0.15) is 44.1 Å². The lowest BCUT2D eigenvalue weighted by Crippen LogP contribution is -2.44. The molecular formula is C21H31IN4O2S. The van der Waals surface area contributed by atoms with Gasteiger partial charge in [0.05, 0.1) is 13.1 Å². The molecule has 160 valence electrons. The van der Waals surface area contributed by atoms with E-state index < -0.39 is 5.60 Å². The number of carbonyl (C=O) groups is 1. The van der Waals surface area contributed by atoms with Crippen molar-refractivity contribution >= 4 is 52.9 Å². The first-order valence-electron chi connectivity index (χ1n) is 9.62. The maximum atomic E-state index is 11.8. The van der Waals surface area contributed by atoms with Crippen LogP contribution < -0.4 is 16.0 Å². The number of carbonyl (C=O) groups excluding carboxylic acids is 1. The van der Waals surface area contributed by atoms with Crippen molar-refractivity contribution in [3.8, 4) is 0 Å². The lowest BCUT2D eigenvalue weighted by atomic mass is 10.1. The molecule has 1 atom stereocenters. The van der Waals surface area contributed by atoms with E-state index in [4.69, 9.17) is 0 Å². The van der Waals surface area contributed by atoms with Crippen LogP contribution in [-0.2, 0) is 16.9 Å². The van der Waals surface area contributed by atoms with E-state index in [1.165, 1.54) is 11.3 Å². The van der Waals surface area contributed by atoms with Crippen LogP contribution >= 0.6 is 35.3 Å². The summed E-state index contributed by atoms with van der Waals surface area (Å²) in [6, 6.07) is 11.6. The smallest absolute Gasteiger partial charge is 0.224 e. The van der Waals surface area contributed by atoms with E-state index in [9.17, 15) is 9.90 Å². The highest BCUT2D eigenvalue weighted by atomic mass is 127. The van der Waals surface area contributed by atoms with Gasteiger partial charge in [-0.05, 0) is 49.4 Å². The van der Waals surface area contributed by atoms with Gasteiger partial charge in [0.15, 0.2) is 5.96 Å². The molecule has 0 aliphatic carbocycles. The Bertz CT molecular complexity index is 779. The Morgan fingerprint density at radius 3 is 2.66 bits per heavy atom. The Labute approximate surface area is 194 Å². The van der Waals surface area contributed by atoms with E-state index >= 15 is 0 Å². The van der Waals surface area contributed by atoms with Crippen molar-refractivity contribution in [2.75, 3.05) is 18.4 Å². The van der Waals surface area contributed by atoms with Crippen LogP contribution in [0.25, 0.3) is 0 Å². The number of aliphatic hydroxyl groups is 1. The minimum Gasteiger partial charge on any atom is -0.383 e. The van der Waals surface area contributed by atoms with Gasteiger partial charge >= 0.3 is 0 Å². The Kier molecular flexibility index (Phi) is 11.2. The fourth-order valence-electron chi connectivity index (χ4n) is 2.64. The summed E-state index contributed by atoms with van der Waals surface area (Å²) < 4.78 is 0. The van der Waals surface area contributed by atoms with Crippen molar-refractivity contribution in [1.82, 2.24) is 10.6 Å². The fourth-order valence-corrected chi connectivity index (χ4v) is 3.42. The lowest BCUT2D eigenvalue weighted by Gasteiger charge is -2.23. The first kappa shape index (κ1) is 25.4. The van der Waals surface area contributed by atoms with Crippen molar-refractivity contribution < 1.29 is 9.90 Å². The van der Waals surface area contributed by atoms with Crippen molar-refractivity contribution in [1.29, 1.82) is 0 Å². The number of nitrogens with zero attached hydrogens (tertiary/aromatic N) is 1. The number of rotatable bonds is 9. The molecule has 0 bridgehead atoms. The molecule has 0 saturated carbocycles. The molecule has 1 amide bonds. The molecule has 0 aliphatic rings. The number of aliphatic imine (C=N–C) groups is 1. The van der Waals surface area contributed by atoms with Crippen LogP contribution in [0.3, 0.4) is 0 Å². The zero-order chi connectivity index (χ0) is 20.4. The Morgan fingerprint density at radius 2 is 2.00 bits per heavy atom. The van der Waals surface area contributed by atoms with E-state index in [-0.39, 0.29) is 29.9 Å². The number of anilines is 1. The maximum Gasteiger partial charge on any atom is 0.224 e. The Balaban J connectivity index is 0.00000420. The van der Waals surface area contributed by atoms with Crippen molar-refractivity contribution in [2.24, 2.45) is 4.99 Å². The van der Waals surface area contributed by atoms with Crippen LogP contribution in [0.2, 0.25) is 0 Å². The van der Waals surface area contributed by atoms with Gasteiger partial charge in [0.1, 0.15) is 5.60 Å². The summed E-state index contributed by atoms with van der Waals surface area (Å²) in [5.74, 6) is 0.661. The number of halogens is 1. The number of benzene rings is 1. The summed E-state index contributed by atoms with van der Waals surface area (Å²) in [7, 11) is 0. The number of thiophene rings is 1. The monoisotopic (exact) mass is 530 g/mol. The van der Waals surface area contributed by atoms with Crippen molar-refractivity contribution in [3.63, 3.8) is 0 Å². The lowest BCUT2D eigenvalue weighted by molar-refractivity contribution is -0.116. The second-order valence-electron chi connectivity index (χ2n) is 6.80. The number of guanidine groups is 1. The summed E-state index contributed by atoms with van der Waals surface area (Å²) in [5, 5.41) is 21.9. The number of nitrogens with one attached hydrogen (secondary N) is 3. The molecule has 6 nitrogen and oxygen atoms in total. The highest BCUT2D eigenvalue weighted by Gasteiger charge is 2.24. The highest BCUT2D eigenvalue weighted by Crippen LogP contribution is 2.24. The normalized spacial score (nSPS) is 13.2. The van der Waals surface area contributed by atoms with Crippen LogP contribution in [-0.4, -0.2) is 30.1 Å². The molecule has 0 radical (unpaired) electrons. The van der Waals surface area contributed by atoms with Crippen LogP contribution in [0.5, 0.6) is 0 Å². The van der Waals surface area contributed by atoms with Crippen LogP contribution in [0.15, 0.2) is 46.8 Å². The standard InChI is InChI=1S/C21H30N4O2S.HI/c1-4-8-19(26)25-17-10-6-9-16(13-17)14-23-20(22-5-2)24-15-21(3,27)18-11-7-12-28-18;/h6-7,9-13,27H,4-5,8,14-15H2,1-3H3,(H,25,26)(H2,22,23,24);1H. The largest absolute Gasteiger partial charge is 0.383 e. The minimum absolute atomic E-state index is 0. The fraction of sp³-hybridized carbons (Fsp3) is 0.429. The van der Waals surface area contributed by atoms with Gasteiger partial charge < -0.3 is 21.1 Å². The van der Waals surface area contributed by atoms with Gasteiger partial charge in [-0.2, -0.15) is 0 Å². The molecule has 4 N–H and O–H groups in total. The van der Waals surface area contributed by atoms with E-state index in [1.54, 1.807) is 6.92 Å². The summed E-state index contributed by atoms with van der Waals surface area (Å²) >= 11 is 1.53. The van der Waals surface area contributed by atoms with Gasteiger partial charge in [0.25, 0.3) is 0 Å². The van der Waals surface area contributed by atoms with E-state index in [1.807, 2.05) is 55.6 Å². The third kappa shape index (κ3) is 8.71. The average molecular weight is 530 g/mol. The molecule has 0 saturated heterocycles. The Morgan fingerprint density at radius 1 is 1.21 bits per heavy atom. The highest BCUT2D eigenvalue weighted by molar-refractivity contribution is 14.0. The Hall–Kier alpha value is -1.65. The number of amides is 1. The predicted octanol–water partition coefficient (Wildman–Crippen LogP) is 4.07.